The van der Waals surface area contributed by atoms with Crippen LogP contribution in [0.4, 0.5) is 0 Å². The fourth-order valence-corrected chi connectivity index (χ4v) is 3.58. The highest BCUT2D eigenvalue weighted by atomic mass is 16.4. The molecule has 0 radical (unpaired) electrons. The minimum atomic E-state index is 0.607. The smallest absolute Gasteiger partial charge is 0.227 e. The normalized spacial score (nSPS) is 11.6. The molecule has 0 saturated carbocycles. The fraction of sp³-hybridized carbons (Fsp3) is 0. The molecule has 0 aliphatic carbocycles. The number of fused-ring (bicyclic) bond motifs is 3. The summed E-state index contributed by atoms with van der Waals surface area (Å²) in [5.74, 6) is 1.22. The number of para-hydroxylation sites is 4. The van der Waals surface area contributed by atoms with Crippen LogP contribution in [-0.4, -0.2) is 9.97 Å². The monoisotopic (exact) mass is 362 g/mol. The molecule has 2 heterocycles. The summed E-state index contributed by atoms with van der Waals surface area (Å²) in [5.41, 5.74) is 5.14. The Morgan fingerprint density at radius 1 is 0.571 bits per heavy atom. The maximum absolute atomic E-state index is 6.01. The molecule has 4 heteroatoms. The van der Waals surface area contributed by atoms with Gasteiger partial charge in [-0.2, -0.15) is 0 Å². The third-order valence-electron chi connectivity index (χ3n) is 4.95. The quantitative estimate of drug-likeness (QED) is 0.355. The lowest BCUT2D eigenvalue weighted by molar-refractivity contribution is 0.619. The van der Waals surface area contributed by atoms with Gasteiger partial charge in [0.05, 0.1) is 0 Å². The van der Waals surface area contributed by atoms with Crippen LogP contribution in [0.25, 0.3) is 55.9 Å². The Hall–Kier alpha value is -3.92. The Bertz CT molecular complexity index is 1410. The first-order valence-electron chi connectivity index (χ1n) is 9.10. The molecule has 0 N–H and O–H groups in total. The maximum Gasteiger partial charge on any atom is 0.227 e. The zero-order chi connectivity index (χ0) is 18.5. The van der Waals surface area contributed by atoms with E-state index in [1.165, 1.54) is 0 Å². The molecule has 0 aliphatic heterocycles. The van der Waals surface area contributed by atoms with Crippen molar-refractivity contribution in [3.05, 3.63) is 84.9 Å². The molecule has 0 atom stereocenters. The van der Waals surface area contributed by atoms with Crippen LogP contribution in [0, 0.1) is 0 Å². The van der Waals surface area contributed by atoms with Crippen molar-refractivity contribution in [1.29, 1.82) is 0 Å². The van der Waals surface area contributed by atoms with Crippen LogP contribution < -0.4 is 0 Å². The first kappa shape index (κ1) is 15.2. The Balaban J connectivity index is 1.56. The summed E-state index contributed by atoms with van der Waals surface area (Å²) in [6.07, 6.45) is 0. The summed E-state index contributed by atoms with van der Waals surface area (Å²) in [4.78, 5) is 9.29. The number of hydrogen-bond donors (Lipinski definition) is 0. The lowest BCUT2D eigenvalue weighted by Gasteiger charge is -2.05. The Morgan fingerprint density at radius 3 is 2.00 bits per heavy atom. The second-order valence-corrected chi connectivity index (χ2v) is 6.71. The lowest BCUT2D eigenvalue weighted by Crippen LogP contribution is -1.84. The number of benzene rings is 4. The predicted octanol–water partition coefficient (Wildman–Crippen LogP) is 6.46. The van der Waals surface area contributed by atoms with Gasteiger partial charge in [0, 0.05) is 11.1 Å². The number of rotatable bonds is 2. The van der Waals surface area contributed by atoms with E-state index in [0.29, 0.717) is 11.8 Å². The van der Waals surface area contributed by atoms with Crippen LogP contribution in [-0.2, 0) is 0 Å². The zero-order valence-electron chi connectivity index (χ0n) is 14.8. The van der Waals surface area contributed by atoms with Gasteiger partial charge in [0.2, 0.25) is 11.8 Å². The van der Waals surface area contributed by atoms with Crippen molar-refractivity contribution in [1.82, 2.24) is 9.97 Å². The van der Waals surface area contributed by atoms with Gasteiger partial charge in [-0.05, 0) is 53.2 Å². The van der Waals surface area contributed by atoms with Crippen molar-refractivity contribution in [2.75, 3.05) is 0 Å². The summed E-state index contributed by atoms with van der Waals surface area (Å²) in [7, 11) is 0. The fourth-order valence-electron chi connectivity index (χ4n) is 3.58. The summed E-state index contributed by atoms with van der Waals surface area (Å²) in [6.45, 7) is 0. The molecular weight excluding hydrogens is 348 g/mol. The van der Waals surface area contributed by atoms with E-state index in [1.807, 2.05) is 66.7 Å². The van der Waals surface area contributed by atoms with Crippen LogP contribution in [0.3, 0.4) is 0 Å². The van der Waals surface area contributed by atoms with Gasteiger partial charge in [0.25, 0.3) is 0 Å². The van der Waals surface area contributed by atoms with Gasteiger partial charge in [-0.1, -0.05) is 42.5 Å². The van der Waals surface area contributed by atoms with E-state index in [-0.39, 0.29) is 0 Å². The molecule has 0 bridgehead atoms. The SMILES string of the molecule is c1cc(-c2nc3ccccc3o2)c2cc(-c3nc4ccccc4o3)ccc2c1. The number of nitrogens with zero attached hydrogens (tertiary/aromatic N) is 2. The molecule has 4 aromatic carbocycles. The van der Waals surface area contributed by atoms with Crippen LogP contribution >= 0.6 is 0 Å². The maximum atomic E-state index is 6.01. The first-order valence-corrected chi connectivity index (χ1v) is 9.10. The highest BCUT2D eigenvalue weighted by Gasteiger charge is 2.14. The van der Waals surface area contributed by atoms with Gasteiger partial charge >= 0.3 is 0 Å². The largest absolute Gasteiger partial charge is 0.436 e. The summed E-state index contributed by atoms with van der Waals surface area (Å²) in [6, 6.07) is 27.9. The van der Waals surface area contributed by atoms with Crippen LogP contribution in [0.15, 0.2) is 93.8 Å². The van der Waals surface area contributed by atoms with Crippen molar-refractivity contribution in [2.24, 2.45) is 0 Å². The molecule has 2 aromatic heterocycles. The Labute approximate surface area is 160 Å². The summed E-state index contributed by atoms with van der Waals surface area (Å²) >= 11 is 0. The highest BCUT2D eigenvalue weighted by Crippen LogP contribution is 2.34. The van der Waals surface area contributed by atoms with E-state index in [2.05, 4.69) is 28.2 Å². The molecule has 0 spiro atoms. The van der Waals surface area contributed by atoms with E-state index in [1.54, 1.807) is 0 Å². The molecule has 6 aromatic rings. The predicted molar refractivity (Wildman–Crippen MR) is 110 cm³/mol. The van der Waals surface area contributed by atoms with Gasteiger partial charge in [0.15, 0.2) is 11.2 Å². The molecule has 0 amide bonds. The molecule has 0 aliphatic rings. The van der Waals surface area contributed by atoms with E-state index in [0.717, 1.165) is 44.1 Å². The third-order valence-corrected chi connectivity index (χ3v) is 4.95. The minimum absolute atomic E-state index is 0.607. The second-order valence-electron chi connectivity index (χ2n) is 6.71. The van der Waals surface area contributed by atoms with Crippen molar-refractivity contribution >= 4 is 33.0 Å². The van der Waals surface area contributed by atoms with Gasteiger partial charge in [-0.25, -0.2) is 9.97 Å². The zero-order valence-corrected chi connectivity index (χ0v) is 14.8. The molecule has 0 fully saturated rings. The van der Waals surface area contributed by atoms with E-state index < -0.39 is 0 Å². The minimum Gasteiger partial charge on any atom is -0.436 e. The molecule has 0 saturated heterocycles. The van der Waals surface area contributed by atoms with E-state index >= 15 is 0 Å². The average Bonchev–Trinajstić information content (AvgIpc) is 3.37. The molecule has 0 unspecified atom stereocenters. The number of aromatic nitrogens is 2. The second kappa shape index (κ2) is 5.79. The van der Waals surface area contributed by atoms with Gasteiger partial charge in [-0.3, -0.25) is 0 Å². The Kier molecular flexibility index (Phi) is 3.14. The highest BCUT2D eigenvalue weighted by molar-refractivity contribution is 5.98. The van der Waals surface area contributed by atoms with Crippen LogP contribution in [0.5, 0.6) is 0 Å². The van der Waals surface area contributed by atoms with E-state index in [9.17, 15) is 0 Å². The van der Waals surface area contributed by atoms with Crippen LogP contribution in [0.1, 0.15) is 0 Å². The molecular formula is C24H14N2O2. The lowest BCUT2D eigenvalue weighted by atomic mass is 10.0. The first-order chi connectivity index (χ1) is 13.8. The summed E-state index contributed by atoms with van der Waals surface area (Å²) < 4.78 is 12.0. The third kappa shape index (κ3) is 2.32. The number of oxazole rings is 2. The van der Waals surface area contributed by atoms with Crippen molar-refractivity contribution in [3.8, 4) is 22.9 Å². The standard InChI is InChI=1S/C24H14N2O2/c1-3-10-21-19(8-1)25-23(27-21)16-13-12-15-6-5-7-17(18(15)14-16)24-26-20-9-2-4-11-22(20)28-24/h1-14H. The van der Waals surface area contributed by atoms with Crippen molar-refractivity contribution < 1.29 is 8.83 Å². The number of hydrogen-bond acceptors (Lipinski definition) is 4. The average molecular weight is 362 g/mol. The summed E-state index contributed by atoms with van der Waals surface area (Å²) in [5, 5.41) is 2.16. The van der Waals surface area contributed by atoms with Crippen LogP contribution in [0.2, 0.25) is 0 Å². The van der Waals surface area contributed by atoms with Gasteiger partial charge in [-0.15, -0.1) is 0 Å². The molecule has 28 heavy (non-hydrogen) atoms. The van der Waals surface area contributed by atoms with Crippen molar-refractivity contribution in [3.63, 3.8) is 0 Å². The van der Waals surface area contributed by atoms with Gasteiger partial charge in [0.1, 0.15) is 11.0 Å². The van der Waals surface area contributed by atoms with Gasteiger partial charge < -0.3 is 8.83 Å². The van der Waals surface area contributed by atoms with Crippen molar-refractivity contribution in [2.45, 2.75) is 0 Å². The Morgan fingerprint density at radius 2 is 1.25 bits per heavy atom. The molecule has 132 valence electrons. The van der Waals surface area contributed by atoms with E-state index in [4.69, 9.17) is 8.83 Å². The topological polar surface area (TPSA) is 52.1 Å². The molecule has 4 nitrogen and oxygen atoms in total. The molecule has 6 rings (SSSR count).